The van der Waals surface area contributed by atoms with E-state index in [4.69, 9.17) is 19.3 Å². The second-order valence-corrected chi connectivity index (χ2v) is 10.5. The molecule has 10 nitrogen and oxygen atoms in total. The molecule has 0 aromatic heterocycles. The molecule has 2 aliphatic heterocycles. The lowest BCUT2D eigenvalue weighted by molar-refractivity contribution is -0.236. The summed E-state index contributed by atoms with van der Waals surface area (Å²) in [5, 5.41) is 50.4. The summed E-state index contributed by atoms with van der Waals surface area (Å²) in [5.74, 6) is -1.37. The van der Waals surface area contributed by atoms with Gasteiger partial charge in [-0.15, -0.1) is 0 Å². The third kappa shape index (κ3) is 12.6. The van der Waals surface area contributed by atoms with Gasteiger partial charge in [0.25, 0.3) is 0 Å². The topological polar surface area (TPSA) is 166 Å². The van der Waals surface area contributed by atoms with Crippen LogP contribution in [0, 0.1) is 5.92 Å². The minimum Gasteiger partial charge on any atom is -0.481 e. The summed E-state index contributed by atoms with van der Waals surface area (Å²) < 4.78 is 16.5. The molecule has 5 N–H and O–H groups in total. The van der Waals surface area contributed by atoms with Gasteiger partial charge in [-0.05, 0) is 33.1 Å². The van der Waals surface area contributed by atoms with Crippen LogP contribution in [0.1, 0.15) is 78.6 Å². The number of carbonyl (C=O) groups excluding carboxylic acids is 1. The number of hydrogen-bond acceptors (Lipinski definition) is 9. The summed E-state index contributed by atoms with van der Waals surface area (Å²) in [6, 6.07) is 0. The molecule has 12 heteroatoms. The maximum atomic E-state index is 12.1. The highest BCUT2D eigenvalue weighted by Crippen LogP contribution is 2.40. The number of hydrogen-bond donors (Lipinski definition) is 5. The maximum absolute atomic E-state index is 12.1. The van der Waals surface area contributed by atoms with Gasteiger partial charge in [0.1, 0.15) is 17.8 Å². The van der Waals surface area contributed by atoms with Crippen molar-refractivity contribution in [2.45, 2.75) is 121 Å². The Labute approximate surface area is 248 Å². The molecular formula is C26H44I2O10. The molecule has 0 radical (unpaired) electrons. The number of carboxylic acids is 1. The van der Waals surface area contributed by atoms with Gasteiger partial charge in [-0.1, -0.05) is 38.2 Å². The van der Waals surface area contributed by atoms with Crippen molar-refractivity contribution in [2.24, 2.45) is 5.92 Å². The molecule has 8 atom stereocenters. The minimum absolute atomic E-state index is 0.0865. The van der Waals surface area contributed by atoms with Crippen LogP contribution in [0.25, 0.3) is 0 Å². The van der Waals surface area contributed by atoms with Gasteiger partial charge in [-0.3, -0.25) is 4.79 Å². The molecule has 0 saturated carbocycles. The maximum Gasteiger partial charge on any atom is 0.330 e. The van der Waals surface area contributed by atoms with Gasteiger partial charge in [0.2, 0.25) is 0 Å². The summed E-state index contributed by atoms with van der Waals surface area (Å²) in [6.45, 7) is 5.35. The van der Waals surface area contributed by atoms with E-state index in [9.17, 15) is 30.0 Å². The van der Waals surface area contributed by atoms with Crippen LogP contribution < -0.4 is 0 Å². The van der Waals surface area contributed by atoms with Gasteiger partial charge in [0.05, 0.1) is 37.6 Å². The molecule has 8 unspecified atom stereocenters. The Balaban J connectivity index is 0.00000352. The molecule has 2 aliphatic rings. The molecule has 0 aromatic rings. The number of rotatable bonds is 16. The monoisotopic (exact) mass is 770 g/mol. The van der Waals surface area contributed by atoms with Gasteiger partial charge >= 0.3 is 11.9 Å². The zero-order valence-corrected chi connectivity index (χ0v) is 26.7. The Bertz CT molecular complexity index is 750. The summed E-state index contributed by atoms with van der Waals surface area (Å²) in [7, 11) is 0. The molecule has 0 aliphatic carbocycles. The lowest BCUT2D eigenvalue weighted by Gasteiger charge is -2.43. The van der Waals surface area contributed by atoms with E-state index in [2.05, 4.69) is 37.2 Å². The van der Waals surface area contributed by atoms with Crippen molar-refractivity contribution in [2.75, 3.05) is 13.2 Å². The van der Waals surface area contributed by atoms with E-state index >= 15 is 0 Å². The third-order valence-corrected chi connectivity index (χ3v) is 7.17. The molecule has 0 amide bonds. The molecule has 0 spiro atoms. The fraction of sp³-hybridized carbons (Fsp3) is 0.846. The predicted molar refractivity (Wildman–Crippen MR) is 158 cm³/mol. The Hall–Kier alpha value is -0.100. The highest BCUT2D eigenvalue weighted by Gasteiger charge is 2.54. The molecule has 38 heavy (non-hydrogen) atoms. The van der Waals surface area contributed by atoms with Crippen molar-refractivity contribution in [3.8, 4) is 0 Å². The molecule has 2 fully saturated rings. The van der Waals surface area contributed by atoms with E-state index in [0.29, 0.717) is 18.6 Å². The van der Waals surface area contributed by atoms with Crippen molar-refractivity contribution in [3.05, 3.63) is 11.6 Å². The van der Waals surface area contributed by atoms with Crippen LogP contribution in [0.5, 0.6) is 0 Å². The van der Waals surface area contributed by atoms with Crippen LogP contribution in [0.15, 0.2) is 11.6 Å². The van der Waals surface area contributed by atoms with Crippen molar-refractivity contribution < 1.29 is 49.3 Å². The quantitative estimate of drug-likeness (QED) is 0.0516. The highest BCUT2D eigenvalue weighted by molar-refractivity contribution is 15.0. The van der Waals surface area contributed by atoms with Crippen molar-refractivity contribution in [1.82, 2.24) is 0 Å². The third-order valence-electron chi connectivity index (χ3n) is 7.17. The fourth-order valence-electron chi connectivity index (χ4n) is 4.60. The number of halogens is 2. The van der Waals surface area contributed by atoms with Crippen molar-refractivity contribution >= 4 is 49.2 Å². The smallest absolute Gasteiger partial charge is 0.330 e. The summed E-state index contributed by atoms with van der Waals surface area (Å²) in [5.41, 5.74) is -1.04. The van der Waals surface area contributed by atoms with Crippen LogP contribution in [0.2, 0.25) is 0 Å². The summed E-state index contributed by atoms with van der Waals surface area (Å²) in [6.07, 6.45) is 2.29. The minimum atomic E-state index is -1.67. The number of carboxylic acid groups (broad SMARTS) is 1. The van der Waals surface area contributed by atoms with Crippen LogP contribution in [0.4, 0.5) is 0 Å². The number of esters is 1. The average Bonchev–Trinajstić information content (AvgIpc) is 3.62. The Morgan fingerprint density at radius 3 is 2.29 bits per heavy atom. The zero-order chi connectivity index (χ0) is 28.9. The first-order valence-electron chi connectivity index (χ1n) is 13.2. The fourth-order valence-corrected chi connectivity index (χ4v) is 4.60. The zero-order valence-electron chi connectivity index (χ0n) is 22.4. The number of unbranched alkanes of at least 4 members (excludes halogenated alkanes) is 5. The number of aliphatic carboxylic acids is 1. The standard InChI is InChI=1S/C26H44O10.I2/c1-16(13-22(30)34-11-9-7-5-4-6-8-10-21(28)29)12-19-23(31)25(32)26(33,15-35-19)14-20-24(36-20)17(2)18(3)27;1-2/h13,17-20,23-25,27,31-33H,4-12,14-15H2,1-3H3,(H,28,29);/b16-13+;. The molecule has 2 saturated heterocycles. The van der Waals surface area contributed by atoms with E-state index in [1.165, 1.54) is 6.08 Å². The van der Waals surface area contributed by atoms with Crippen molar-refractivity contribution in [1.29, 1.82) is 0 Å². The van der Waals surface area contributed by atoms with Gasteiger partial charge < -0.3 is 39.7 Å². The van der Waals surface area contributed by atoms with E-state index < -0.39 is 42.0 Å². The highest BCUT2D eigenvalue weighted by atomic mass is 128. The Kier molecular flexibility index (Phi) is 17.4. The van der Waals surface area contributed by atoms with Crippen LogP contribution in [-0.4, -0.2) is 92.9 Å². The molecule has 222 valence electrons. The second-order valence-electron chi connectivity index (χ2n) is 10.5. The van der Waals surface area contributed by atoms with E-state index in [1.807, 2.05) is 6.92 Å². The second kappa shape index (κ2) is 18.4. The summed E-state index contributed by atoms with van der Waals surface area (Å²) in [4.78, 5) is 22.5. The Morgan fingerprint density at radius 1 is 1.08 bits per heavy atom. The van der Waals surface area contributed by atoms with Crippen molar-refractivity contribution in [3.63, 3.8) is 0 Å². The van der Waals surface area contributed by atoms with E-state index in [-0.39, 0.29) is 44.0 Å². The first-order valence-corrected chi connectivity index (χ1v) is 19.5. The van der Waals surface area contributed by atoms with Gasteiger partial charge in [-0.2, -0.15) is 0 Å². The first kappa shape index (κ1) is 35.9. The predicted octanol–water partition coefficient (Wildman–Crippen LogP) is 3.48. The van der Waals surface area contributed by atoms with Crippen LogP contribution >= 0.6 is 37.2 Å². The SMILES string of the molecule is C/C(=C\C(=O)OCCCCCCCCC(=O)O)CC1OCC(O)(CC2OC2C(C)C(C)O)C(O)C1O.II. The number of ether oxygens (including phenoxy) is 3. The van der Waals surface area contributed by atoms with Gasteiger partial charge in [0.15, 0.2) is 0 Å². The van der Waals surface area contributed by atoms with Crippen LogP contribution in [-0.2, 0) is 23.8 Å². The largest absolute Gasteiger partial charge is 0.481 e. The van der Waals surface area contributed by atoms with Crippen LogP contribution in [0.3, 0.4) is 0 Å². The molecule has 0 aromatic carbocycles. The van der Waals surface area contributed by atoms with E-state index in [1.54, 1.807) is 13.8 Å². The van der Waals surface area contributed by atoms with E-state index in [0.717, 1.165) is 32.1 Å². The lowest BCUT2D eigenvalue weighted by atomic mass is 9.82. The number of carbonyl (C=O) groups is 2. The lowest BCUT2D eigenvalue weighted by Crippen LogP contribution is -2.61. The number of epoxide rings is 1. The first-order chi connectivity index (χ1) is 17.9. The summed E-state index contributed by atoms with van der Waals surface area (Å²) >= 11 is 4.24. The van der Waals surface area contributed by atoms with Gasteiger partial charge in [0, 0.05) is 62.1 Å². The molecule has 0 bridgehead atoms. The number of aliphatic hydroxyl groups is 4. The molecular weight excluding hydrogens is 726 g/mol. The number of aliphatic hydroxyl groups excluding tert-OH is 3. The molecule has 2 rings (SSSR count). The molecule has 2 heterocycles. The van der Waals surface area contributed by atoms with Gasteiger partial charge in [-0.25, -0.2) is 4.79 Å². The Morgan fingerprint density at radius 2 is 1.68 bits per heavy atom. The average molecular weight is 770 g/mol. The normalized spacial score (nSPS) is 30.6.